The van der Waals surface area contributed by atoms with Crippen LogP contribution in [0.15, 0.2) is 0 Å². The van der Waals surface area contributed by atoms with Crippen LogP contribution in [0.3, 0.4) is 0 Å². The monoisotopic (exact) mass is 200 g/mol. The maximum atomic E-state index is 11.3. The molecule has 0 bridgehead atoms. The van der Waals surface area contributed by atoms with E-state index in [0.29, 0.717) is 0 Å². The van der Waals surface area contributed by atoms with Crippen molar-refractivity contribution in [2.45, 2.75) is 32.1 Å². The Kier molecular flexibility index (Phi) is 5.37. The number of rotatable bonds is 6. The van der Waals surface area contributed by atoms with Crippen molar-refractivity contribution in [2.75, 3.05) is 26.2 Å². The summed E-state index contributed by atoms with van der Waals surface area (Å²) in [6, 6.07) is 0.0819. The molecule has 0 aromatic rings. The largest absolute Gasteiger partial charge is 0.396 e. The average Bonchev–Trinajstić information content (AvgIpc) is 2.20. The minimum atomic E-state index is 0.0819. The van der Waals surface area contributed by atoms with Gasteiger partial charge in [-0.25, -0.2) is 4.79 Å². The fraction of sp³-hybridized carbons (Fsp3) is 0.900. The number of aliphatic hydroxyl groups excluding tert-OH is 1. The van der Waals surface area contributed by atoms with E-state index >= 15 is 0 Å². The zero-order chi connectivity index (χ0) is 10.2. The number of amides is 2. The lowest BCUT2D eigenvalue weighted by molar-refractivity contribution is 0.184. The van der Waals surface area contributed by atoms with Gasteiger partial charge in [0, 0.05) is 26.2 Å². The molecule has 0 aromatic carbocycles. The Bertz CT molecular complexity index is 174. The molecule has 0 unspecified atom stereocenters. The van der Waals surface area contributed by atoms with Gasteiger partial charge in [-0.1, -0.05) is 12.8 Å². The molecule has 1 aliphatic rings. The van der Waals surface area contributed by atoms with E-state index in [2.05, 4.69) is 5.32 Å². The molecule has 0 aromatic heterocycles. The van der Waals surface area contributed by atoms with Crippen molar-refractivity contribution in [3.05, 3.63) is 0 Å². The molecule has 1 aliphatic heterocycles. The summed E-state index contributed by atoms with van der Waals surface area (Å²) in [6.45, 7) is 2.85. The number of nitrogens with zero attached hydrogens (tertiary/aromatic N) is 1. The van der Waals surface area contributed by atoms with E-state index in [4.69, 9.17) is 5.11 Å². The number of aliphatic hydroxyl groups is 1. The standard InChI is InChI=1S/C10H20N2O2/c13-9-4-2-1-3-7-12-8-5-6-11-10(12)14/h13H,1-9H2,(H,11,14). The predicted octanol–water partition coefficient (Wildman–Crippen LogP) is 0.954. The first-order valence-electron chi connectivity index (χ1n) is 5.48. The van der Waals surface area contributed by atoms with Gasteiger partial charge in [0.25, 0.3) is 0 Å². The van der Waals surface area contributed by atoms with Crippen LogP contribution in [0.1, 0.15) is 32.1 Å². The first-order valence-corrected chi connectivity index (χ1v) is 5.48. The highest BCUT2D eigenvalue weighted by Crippen LogP contribution is 2.04. The van der Waals surface area contributed by atoms with E-state index < -0.39 is 0 Å². The molecule has 0 radical (unpaired) electrons. The second kappa shape index (κ2) is 6.65. The van der Waals surface area contributed by atoms with Gasteiger partial charge in [-0.3, -0.25) is 0 Å². The van der Waals surface area contributed by atoms with Gasteiger partial charge in [0.1, 0.15) is 0 Å². The number of carbonyl (C=O) groups is 1. The Balaban J connectivity index is 2.02. The third-order valence-corrected chi connectivity index (χ3v) is 2.50. The molecule has 1 heterocycles. The Morgan fingerprint density at radius 3 is 2.79 bits per heavy atom. The van der Waals surface area contributed by atoms with Crippen LogP contribution in [-0.4, -0.2) is 42.3 Å². The lowest BCUT2D eigenvalue weighted by Gasteiger charge is -2.27. The first kappa shape index (κ1) is 11.3. The summed E-state index contributed by atoms with van der Waals surface area (Å²) < 4.78 is 0. The summed E-state index contributed by atoms with van der Waals surface area (Å²) in [6.07, 6.45) is 5.15. The van der Waals surface area contributed by atoms with Crippen LogP contribution in [0.5, 0.6) is 0 Å². The van der Waals surface area contributed by atoms with Gasteiger partial charge < -0.3 is 15.3 Å². The lowest BCUT2D eigenvalue weighted by Crippen LogP contribution is -2.46. The van der Waals surface area contributed by atoms with Gasteiger partial charge in [-0.15, -0.1) is 0 Å². The van der Waals surface area contributed by atoms with Crippen LogP contribution < -0.4 is 5.32 Å². The SMILES string of the molecule is O=C1NCCCN1CCCCCCO. The topological polar surface area (TPSA) is 52.6 Å². The second-order valence-electron chi connectivity index (χ2n) is 3.71. The molecule has 0 spiro atoms. The molecule has 2 N–H and O–H groups in total. The Morgan fingerprint density at radius 2 is 2.07 bits per heavy atom. The first-order chi connectivity index (χ1) is 6.84. The van der Waals surface area contributed by atoms with Crippen molar-refractivity contribution in [3.8, 4) is 0 Å². The molecular formula is C10H20N2O2. The van der Waals surface area contributed by atoms with Crippen molar-refractivity contribution in [1.82, 2.24) is 10.2 Å². The molecule has 0 aliphatic carbocycles. The lowest BCUT2D eigenvalue weighted by atomic mass is 10.2. The third-order valence-electron chi connectivity index (χ3n) is 2.50. The molecule has 2 amide bonds. The number of carbonyl (C=O) groups excluding carboxylic acids is 1. The minimum absolute atomic E-state index is 0.0819. The summed E-state index contributed by atoms with van der Waals surface area (Å²) >= 11 is 0. The molecular weight excluding hydrogens is 180 g/mol. The third kappa shape index (κ3) is 3.96. The Hall–Kier alpha value is -0.770. The van der Waals surface area contributed by atoms with E-state index in [1.54, 1.807) is 0 Å². The maximum absolute atomic E-state index is 11.3. The van der Waals surface area contributed by atoms with E-state index in [1.165, 1.54) is 0 Å². The Labute approximate surface area is 85.3 Å². The summed E-state index contributed by atoms with van der Waals surface area (Å²) in [5.41, 5.74) is 0. The summed E-state index contributed by atoms with van der Waals surface area (Å²) in [4.78, 5) is 13.2. The van der Waals surface area contributed by atoms with E-state index in [-0.39, 0.29) is 12.6 Å². The zero-order valence-corrected chi connectivity index (χ0v) is 8.67. The van der Waals surface area contributed by atoms with Crippen LogP contribution in [0.4, 0.5) is 4.79 Å². The maximum Gasteiger partial charge on any atom is 0.317 e. The van der Waals surface area contributed by atoms with Crippen LogP contribution in [0, 0.1) is 0 Å². The van der Waals surface area contributed by atoms with Gasteiger partial charge >= 0.3 is 6.03 Å². The van der Waals surface area contributed by atoms with Crippen LogP contribution in [0.25, 0.3) is 0 Å². The number of nitrogens with one attached hydrogen (secondary N) is 1. The van der Waals surface area contributed by atoms with Crippen molar-refractivity contribution in [1.29, 1.82) is 0 Å². The molecule has 82 valence electrons. The number of urea groups is 1. The minimum Gasteiger partial charge on any atom is -0.396 e. The van der Waals surface area contributed by atoms with E-state index in [0.717, 1.165) is 51.7 Å². The van der Waals surface area contributed by atoms with Crippen molar-refractivity contribution in [2.24, 2.45) is 0 Å². The average molecular weight is 200 g/mol. The van der Waals surface area contributed by atoms with Crippen LogP contribution in [-0.2, 0) is 0 Å². The summed E-state index contributed by atoms with van der Waals surface area (Å²) in [5.74, 6) is 0. The van der Waals surface area contributed by atoms with Gasteiger partial charge in [-0.2, -0.15) is 0 Å². The molecule has 1 saturated heterocycles. The summed E-state index contributed by atoms with van der Waals surface area (Å²) in [5, 5.41) is 11.4. The fourth-order valence-electron chi connectivity index (χ4n) is 1.66. The van der Waals surface area contributed by atoms with Crippen molar-refractivity contribution in [3.63, 3.8) is 0 Å². The number of hydrogen-bond donors (Lipinski definition) is 2. The van der Waals surface area contributed by atoms with E-state index in [1.807, 2.05) is 4.90 Å². The van der Waals surface area contributed by atoms with Crippen LogP contribution >= 0.6 is 0 Å². The fourth-order valence-corrected chi connectivity index (χ4v) is 1.66. The normalized spacial score (nSPS) is 16.9. The Morgan fingerprint density at radius 1 is 1.29 bits per heavy atom. The molecule has 0 saturated carbocycles. The van der Waals surface area contributed by atoms with Gasteiger partial charge in [0.2, 0.25) is 0 Å². The van der Waals surface area contributed by atoms with Gasteiger partial charge in [0.05, 0.1) is 0 Å². The number of hydrogen-bond acceptors (Lipinski definition) is 2. The highest BCUT2D eigenvalue weighted by Gasteiger charge is 2.15. The highest BCUT2D eigenvalue weighted by atomic mass is 16.2. The summed E-state index contributed by atoms with van der Waals surface area (Å²) in [7, 11) is 0. The number of unbranched alkanes of at least 4 members (excludes halogenated alkanes) is 3. The zero-order valence-electron chi connectivity index (χ0n) is 8.67. The second-order valence-corrected chi connectivity index (χ2v) is 3.71. The quantitative estimate of drug-likeness (QED) is 0.627. The molecule has 14 heavy (non-hydrogen) atoms. The van der Waals surface area contributed by atoms with Crippen molar-refractivity contribution < 1.29 is 9.90 Å². The molecule has 4 nitrogen and oxygen atoms in total. The van der Waals surface area contributed by atoms with E-state index in [9.17, 15) is 4.79 Å². The van der Waals surface area contributed by atoms with Crippen LogP contribution in [0.2, 0.25) is 0 Å². The predicted molar refractivity (Wildman–Crippen MR) is 55.1 cm³/mol. The molecule has 1 rings (SSSR count). The molecule has 1 fully saturated rings. The highest BCUT2D eigenvalue weighted by molar-refractivity contribution is 5.74. The van der Waals surface area contributed by atoms with Gasteiger partial charge in [0.15, 0.2) is 0 Å². The smallest absolute Gasteiger partial charge is 0.317 e. The molecule has 0 atom stereocenters. The van der Waals surface area contributed by atoms with Crippen molar-refractivity contribution >= 4 is 6.03 Å². The molecule has 4 heteroatoms. The van der Waals surface area contributed by atoms with Gasteiger partial charge in [-0.05, 0) is 19.3 Å².